The summed E-state index contributed by atoms with van der Waals surface area (Å²) in [5.74, 6) is -0.548. The zero-order chi connectivity index (χ0) is 15.2. The molecule has 0 aliphatic heterocycles. The third-order valence-electron chi connectivity index (χ3n) is 3.07. The van der Waals surface area contributed by atoms with E-state index in [2.05, 4.69) is 10.6 Å². The molecule has 0 saturated carbocycles. The number of carbonyl (C=O) groups is 2. The fourth-order valence-corrected chi connectivity index (χ4v) is 1.97. The third-order valence-corrected chi connectivity index (χ3v) is 3.07. The number of benzene rings is 1. The second-order valence-corrected chi connectivity index (χ2v) is 4.86. The van der Waals surface area contributed by atoms with Crippen LogP contribution in [0.4, 0.5) is 5.69 Å². The lowest BCUT2D eigenvalue weighted by molar-refractivity contribution is -0.136. The Labute approximate surface area is 123 Å². The lowest BCUT2D eigenvalue weighted by Gasteiger charge is -2.09. The number of hydrogen-bond donors (Lipinski definition) is 2. The quantitative estimate of drug-likeness (QED) is 0.846. The van der Waals surface area contributed by atoms with E-state index in [4.69, 9.17) is 4.42 Å². The van der Waals surface area contributed by atoms with Gasteiger partial charge < -0.3 is 15.1 Å². The normalized spacial score (nSPS) is 10.2. The molecule has 0 spiro atoms. The van der Waals surface area contributed by atoms with Crippen molar-refractivity contribution in [3.8, 4) is 0 Å². The Morgan fingerprint density at radius 3 is 2.62 bits per heavy atom. The molecule has 1 aromatic carbocycles. The highest BCUT2D eigenvalue weighted by molar-refractivity contribution is 6.39. The van der Waals surface area contributed by atoms with Gasteiger partial charge in [0.15, 0.2) is 0 Å². The largest absolute Gasteiger partial charge is 0.469 e. The van der Waals surface area contributed by atoms with Crippen molar-refractivity contribution >= 4 is 17.5 Å². The van der Waals surface area contributed by atoms with Crippen molar-refractivity contribution in [1.29, 1.82) is 0 Å². The second kappa shape index (κ2) is 6.74. The molecule has 5 nitrogen and oxygen atoms in total. The molecule has 2 rings (SSSR count). The molecular weight excluding hydrogens is 268 g/mol. The molecule has 2 aromatic rings. The van der Waals surface area contributed by atoms with Gasteiger partial charge in [-0.1, -0.05) is 17.7 Å². The van der Waals surface area contributed by atoms with Crippen molar-refractivity contribution in [3.05, 3.63) is 53.5 Å². The fourth-order valence-electron chi connectivity index (χ4n) is 1.97. The average Bonchev–Trinajstić information content (AvgIpc) is 2.95. The van der Waals surface area contributed by atoms with Crippen LogP contribution in [0.3, 0.4) is 0 Å². The van der Waals surface area contributed by atoms with Gasteiger partial charge in [0.2, 0.25) is 0 Å². The van der Waals surface area contributed by atoms with Crippen molar-refractivity contribution in [3.63, 3.8) is 0 Å². The minimum atomic E-state index is -0.665. The minimum absolute atomic E-state index is 0.354. The predicted molar refractivity (Wildman–Crippen MR) is 80.0 cm³/mol. The van der Waals surface area contributed by atoms with Crippen LogP contribution in [0.15, 0.2) is 41.0 Å². The lowest BCUT2D eigenvalue weighted by atomic mass is 10.1. The Morgan fingerprint density at radius 2 is 1.95 bits per heavy atom. The first kappa shape index (κ1) is 14.8. The van der Waals surface area contributed by atoms with E-state index < -0.39 is 11.8 Å². The fraction of sp³-hybridized carbons (Fsp3) is 0.250. The van der Waals surface area contributed by atoms with Crippen LogP contribution in [0.2, 0.25) is 0 Å². The van der Waals surface area contributed by atoms with Gasteiger partial charge in [0.1, 0.15) is 5.76 Å². The standard InChI is InChI=1S/C16H18N2O3/c1-11-5-6-14(12(2)10-11)18-16(20)15(19)17-8-7-13-4-3-9-21-13/h3-6,9-10H,7-8H2,1-2H3,(H,17,19)(H,18,20). The van der Waals surface area contributed by atoms with Crippen LogP contribution in [0.1, 0.15) is 16.9 Å². The molecule has 0 fully saturated rings. The number of amides is 2. The van der Waals surface area contributed by atoms with Gasteiger partial charge in [-0.15, -0.1) is 0 Å². The lowest BCUT2D eigenvalue weighted by Crippen LogP contribution is -2.36. The molecular formula is C16H18N2O3. The van der Waals surface area contributed by atoms with Gasteiger partial charge in [0.05, 0.1) is 6.26 Å². The number of nitrogens with one attached hydrogen (secondary N) is 2. The number of rotatable bonds is 4. The molecule has 0 bridgehead atoms. The first-order valence-corrected chi connectivity index (χ1v) is 6.75. The Kier molecular flexibility index (Phi) is 4.77. The molecule has 110 valence electrons. The van der Waals surface area contributed by atoms with E-state index >= 15 is 0 Å². The van der Waals surface area contributed by atoms with Crippen LogP contribution in [-0.4, -0.2) is 18.4 Å². The number of carbonyl (C=O) groups excluding carboxylic acids is 2. The number of aryl methyl sites for hydroxylation is 2. The zero-order valence-electron chi connectivity index (χ0n) is 12.1. The number of furan rings is 1. The SMILES string of the molecule is Cc1ccc(NC(=O)C(=O)NCCc2ccco2)c(C)c1. The maximum absolute atomic E-state index is 11.8. The molecule has 0 radical (unpaired) electrons. The van der Waals surface area contributed by atoms with Gasteiger partial charge in [-0.3, -0.25) is 9.59 Å². The highest BCUT2D eigenvalue weighted by Gasteiger charge is 2.14. The molecule has 0 aliphatic carbocycles. The predicted octanol–water partition coefficient (Wildman–Crippen LogP) is 2.19. The van der Waals surface area contributed by atoms with Gasteiger partial charge in [0, 0.05) is 18.7 Å². The summed E-state index contributed by atoms with van der Waals surface area (Å²) in [6, 6.07) is 9.23. The molecule has 1 heterocycles. The van der Waals surface area contributed by atoms with Crippen LogP contribution < -0.4 is 10.6 Å². The molecule has 21 heavy (non-hydrogen) atoms. The van der Waals surface area contributed by atoms with E-state index in [1.807, 2.05) is 32.0 Å². The van der Waals surface area contributed by atoms with Crippen molar-refractivity contribution in [2.45, 2.75) is 20.3 Å². The minimum Gasteiger partial charge on any atom is -0.469 e. The Morgan fingerprint density at radius 1 is 1.14 bits per heavy atom. The number of anilines is 1. The summed E-state index contributed by atoms with van der Waals surface area (Å²) < 4.78 is 5.15. The second-order valence-electron chi connectivity index (χ2n) is 4.86. The molecule has 2 N–H and O–H groups in total. The highest BCUT2D eigenvalue weighted by atomic mass is 16.3. The van der Waals surface area contributed by atoms with E-state index in [1.165, 1.54) is 0 Å². The first-order chi connectivity index (χ1) is 10.1. The van der Waals surface area contributed by atoms with Crippen LogP contribution in [-0.2, 0) is 16.0 Å². The molecule has 0 atom stereocenters. The molecule has 0 aliphatic rings. The Balaban J connectivity index is 1.83. The highest BCUT2D eigenvalue weighted by Crippen LogP contribution is 2.15. The summed E-state index contributed by atoms with van der Waals surface area (Å²) in [5.41, 5.74) is 2.67. The van der Waals surface area contributed by atoms with Crippen LogP contribution in [0.25, 0.3) is 0 Å². The van der Waals surface area contributed by atoms with E-state index in [-0.39, 0.29) is 0 Å². The summed E-state index contributed by atoms with van der Waals surface area (Å²) in [6.45, 7) is 4.21. The molecule has 0 unspecified atom stereocenters. The molecule has 1 aromatic heterocycles. The third kappa shape index (κ3) is 4.21. The van der Waals surface area contributed by atoms with Gasteiger partial charge in [-0.2, -0.15) is 0 Å². The van der Waals surface area contributed by atoms with Crippen LogP contribution in [0.5, 0.6) is 0 Å². The maximum atomic E-state index is 11.8. The monoisotopic (exact) mass is 286 g/mol. The Bertz CT molecular complexity index is 633. The zero-order valence-corrected chi connectivity index (χ0v) is 12.1. The van der Waals surface area contributed by atoms with Crippen molar-refractivity contribution in [2.75, 3.05) is 11.9 Å². The summed E-state index contributed by atoms with van der Waals surface area (Å²) in [6.07, 6.45) is 2.12. The van der Waals surface area contributed by atoms with Crippen LogP contribution >= 0.6 is 0 Å². The molecule has 5 heteroatoms. The van der Waals surface area contributed by atoms with E-state index in [1.54, 1.807) is 18.4 Å². The maximum Gasteiger partial charge on any atom is 0.313 e. The summed E-state index contributed by atoms with van der Waals surface area (Å²) in [4.78, 5) is 23.5. The van der Waals surface area contributed by atoms with Gasteiger partial charge in [-0.05, 0) is 37.6 Å². The Hall–Kier alpha value is -2.56. The topological polar surface area (TPSA) is 71.3 Å². The van der Waals surface area contributed by atoms with Crippen molar-refractivity contribution in [1.82, 2.24) is 5.32 Å². The summed E-state index contributed by atoms with van der Waals surface area (Å²) in [5, 5.41) is 5.17. The van der Waals surface area contributed by atoms with Gasteiger partial charge in [-0.25, -0.2) is 0 Å². The summed E-state index contributed by atoms with van der Waals surface area (Å²) >= 11 is 0. The average molecular weight is 286 g/mol. The van der Waals surface area contributed by atoms with E-state index in [0.717, 1.165) is 16.9 Å². The van der Waals surface area contributed by atoms with Crippen LogP contribution in [0, 0.1) is 13.8 Å². The molecule has 0 saturated heterocycles. The number of hydrogen-bond acceptors (Lipinski definition) is 3. The van der Waals surface area contributed by atoms with Gasteiger partial charge >= 0.3 is 11.8 Å². The van der Waals surface area contributed by atoms with E-state index in [0.29, 0.717) is 18.7 Å². The van der Waals surface area contributed by atoms with E-state index in [9.17, 15) is 9.59 Å². The van der Waals surface area contributed by atoms with Gasteiger partial charge in [0.25, 0.3) is 0 Å². The smallest absolute Gasteiger partial charge is 0.313 e. The first-order valence-electron chi connectivity index (χ1n) is 6.75. The molecule has 2 amide bonds. The van der Waals surface area contributed by atoms with Crippen molar-refractivity contribution in [2.24, 2.45) is 0 Å². The van der Waals surface area contributed by atoms with Crippen molar-refractivity contribution < 1.29 is 14.0 Å². The summed E-state index contributed by atoms with van der Waals surface area (Å²) in [7, 11) is 0.